The Morgan fingerprint density at radius 1 is 0.963 bits per heavy atom. The second-order valence-corrected chi connectivity index (χ2v) is 9.90. The zero-order valence-electron chi connectivity index (χ0n) is 17.6. The number of benzene rings is 2. The van der Waals surface area contributed by atoms with E-state index in [1.165, 1.54) is 61.6 Å². The summed E-state index contributed by atoms with van der Waals surface area (Å²) in [7, 11) is 0. The van der Waals surface area contributed by atoms with E-state index in [4.69, 9.17) is 0 Å². The lowest BCUT2D eigenvalue weighted by Crippen LogP contribution is -2.05. The lowest BCUT2D eigenvalue weighted by atomic mass is 9.85. The monoisotopic (exact) mass is 358 g/mol. The molecule has 0 atom stereocenters. The van der Waals surface area contributed by atoms with Crippen molar-refractivity contribution in [1.29, 1.82) is 0 Å². The number of rotatable bonds is 5. The third kappa shape index (κ3) is 3.91. The number of fused-ring (bicyclic) bond motifs is 2. The highest BCUT2D eigenvalue weighted by Crippen LogP contribution is 2.42. The van der Waals surface area contributed by atoms with Crippen LogP contribution in [-0.4, -0.2) is 0 Å². The van der Waals surface area contributed by atoms with E-state index in [1.54, 1.807) is 27.8 Å². The van der Waals surface area contributed by atoms with Crippen LogP contribution in [0.1, 0.15) is 81.2 Å². The Bertz CT molecular complexity index is 874. The van der Waals surface area contributed by atoms with Crippen molar-refractivity contribution in [2.75, 3.05) is 0 Å². The van der Waals surface area contributed by atoms with E-state index in [0.717, 1.165) is 6.42 Å². The molecule has 0 aliphatic heterocycles. The number of allylic oxidation sites excluding steroid dienone is 1. The zero-order valence-corrected chi connectivity index (χ0v) is 17.6. The van der Waals surface area contributed by atoms with E-state index in [1.807, 2.05) is 0 Å². The van der Waals surface area contributed by atoms with Gasteiger partial charge in [0, 0.05) is 0 Å². The van der Waals surface area contributed by atoms with Crippen molar-refractivity contribution in [1.82, 2.24) is 0 Å². The van der Waals surface area contributed by atoms with Crippen LogP contribution in [0.25, 0.3) is 17.2 Å². The molecule has 142 valence electrons. The molecule has 2 aliphatic rings. The molecule has 0 unspecified atom stereocenters. The van der Waals surface area contributed by atoms with Crippen LogP contribution < -0.4 is 0 Å². The second kappa shape index (κ2) is 7.30. The average molecular weight is 359 g/mol. The van der Waals surface area contributed by atoms with Crippen molar-refractivity contribution < 1.29 is 0 Å². The molecule has 0 nitrogen and oxygen atoms in total. The Kier molecular flexibility index (Phi) is 5.01. The quantitative estimate of drug-likeness (QED) is 0.484. The van der Waals surface area contributed by atoms with Gasteiger partial charge in [0.05, 0.1) is 0 Å². The van der Waals surface area contributed by atoms with Gasteiger partial charge in [0.1, 0.15) is 0 Å². The van der Waals surface area contributed by atoms with Crippen LogP contribution in [0.3, 0.4) is 0 Å². The second-order valence-electron chi connectivity index (χ2n) is 9.90. The molecule has 0 amide bonds. The highest BCUT2D eigenvalue weighted by Gasteiger charge is 2.25. The molecule has 0 heteroatoms. The third-order valence-corrected chi connectivity index (χ3v) is 6.31. The molecule has 0 spiro atoms. The minimum Gasteiger partial charge on any atom is -0.0683 e. The van der Waals surface area contributed by atoms with Gasteiger partial charge in [-0.25, -0.2) is 0 Å². The molecule has 0 saturated heterocycles. The molecular weight excluding hydrogens is 324 g/mol. The summed E-state index contributed by atoms with van der Waals surface area (Å²) in [6, 6.07) is 11.7. The zero-order chi connectivity index (χ0) is 19.0. The predicted octanol–water partition coefficient (Wildman–Crippen LogP) is 7.56. The minimum atomic E-state index is 0.448. The molecule has 2 aliphatic carbocycles. The van der Waals surface area contributed by atoms with E-state index in [2.05, 4.69) is 64.1 Å². The first-order chi connectivity index (χ1) is 12.9. The molecule has 0 fully saturated rings. The summed E-state index contributed by atoms with van der Waals surface area (Å²) in [6.45, 7) is 9.35. The van der Waals surface area contributed by atoms with Gasteiger partial charge in [-0.1, -0.05) is 69.2 Å². The van der Waals surface area contributed by atoms with Crippen LogP contribution >= 0.6 is 0 Å². The Morgan fingerprint density at radius 2 is 1.78 bits per heavy atom. The summed E-state index contributed by atoms with van der Waals surface area (Å²) < 4.78 is 0. The lowest BCUT2D eigenvalue weighted by molar-refractivity contribution is 0.360. The maximum absolute atomic E-state index is 2.49. The van der Waals surface area contributed by atoms with Gasteiger partial charge in [-0.2, -0.15) is 0 Å². The van der Waals surface area contributed by atoms with E-state index in [9.17, 15) is 0 Å². The summed E-state index contributed by atoms with van der Waals surface area (Å²) >= 11 is 0. The molecule has 0 saturated carbocycles. The van der Waals surface area contributed by atoms with Gasteiger partial charge >= 0.3 is 0 Å². The fraction of sp³-hybridized carbons (Fsp3) is 0.481. The Morgan fingerprint density at radius 3 is 2.59 bits per heavy atom. The largest absolute Gasteiger partial charge is 0.0683 e. The van der Waals surface area contributed by atoms with Gasteiger partial charge in [-0.15, -0.1) is 0 Å². The SMILES string of the molecule is CC1=Cc2cc3c(c(-c4ccccc4CCCCC(C)(C)C)c2C1)CCC3. The first-order valence-corrected chi connectivity index (χ1v) is 10.9. The summed E-state index contributed by atoms with van der Waals surface area (Å²) in [5.74, 6) is 0. The van der Waals surface area contributed by atoms with E-state index in [0.29, 0.717) is 5.41 Å². The Hall–Kier alpha value is -1.82. The van der Waals surface area contributed by atoms with E-state index >= 15 is 0 Å². The molecule has 27 heavy (non-hydrogen) atoms. The van der Waals surface area contributed by atoms with Crippen molar-refractivity contribution >= 4 is 6.08 Å². The molecule has 0 heterocycles. The first kappa shape index (κ1) is 18.5. The van der Waals surface area contributed by atoms with Crippen molar-refractivity contribution in [3.63, 3.8) is 0 Å². The molecule has 0 bridgehead atoms. The average Bonchev–Trinajstić information content (AvgIpc) is 3.21. The maximum atomic E-state index is 2.49. The van der Waals surface area contributed by atoms with Gasteiger partial charge in [0.15, 0.2) is 0 Å². The fourth-order valence-corrected chi connectivity index (χ4v) is 5.01. The highest BCUT2D eigenvalue weighted by atomic mass is 14.3. The van der Waals surface area contributed by atoms with Crippen LogP contribution in [0, 0.1) is 5.41 Å². The summed E-state index contributed by atoms with van der Waals surface area (Å²) in [4.78, 5) is 0. The summed E-state index contributed by atoms with van der Waals surface area (Å²) in [5.41, 5.74) is 13.0. The topological polar surface area (TPSA) is 0 Å². The van der Waals surface area contributed by atoms with E-state index in [-0.39, 0.29) is 0 Å². The fourth-order valence-electron chi connectivity index (χ4n) is 5.01. The molecular formula is C27H34. The van der Waals surface area contributed by atoms with Crippen molar-refractivity contribution in [3.8, 4) is 11.1 Å². The summed E-state index contributed by atoms with van der Waals surface area (Å²) in [5, 5.41) is 0. The molecule has 0 radical (unpaired) electrons. The van der Waals surface area contributed by atoms with Crippen molar-refractivity contribution in [2.45, 2.75) is 79.1 Å². The van der Waals surface area contributed by atoms with Crippen LogP contribution in [0.2, 0.25) is 0 Å². The van der Waals surface area contributed by atoms with Gasteiger partial charge < -0.3 is 0 Å². The smallest absolute Gasteiger partial charge is 0.00543 e. The van der Waals surface area contributed by atoms with Crippen LogP contribution in [0.5, 0.6) is 0 Å². The molecule has 4 rings (SSSR count). The molecule has 0 N–H and O–H groups in total. The normalized spacial score (nSPS) is 15.6. The molecule has 2 aromatic carbocycles. The number of unbranched alkanes of at least 4 members (excludes halogenated alkanes) is 1. The van der Waals surface area contributed by atoms with E-state index < -0.39 is 0 Å². The number of aryl methyl sites for hydroxylation is 2. The van der Waals surface area contributed by atoms with Crippen LogP contribution in [0.4, 0.5) is 0 Å². The first-order valence-electron chi connectivity index (χ1n) is 10.9. The Labute approximate surface area is 165 Å². The minimum absolute atomic E-state index is 0.448. The van der Waals surface area contributed by atoms with Gasteiger partial charge in [-0.05, 0) is 96.2 Å². The molecule has 2 aromatic rings. The number of hydrogen-bond acceptors (Lipinski definition) is 0. The van der Waals surface area contributed by atoms with Crippen LogP contribution in [0.15, 0.2) is 35.9 Å². The highest BCUT2D eigenvalue weighted by molar-refractivity contribution is 5.83. The Balaban J connectivity index is 1.68. The summed E-state index contributed by atoms with van der Waals surface area (Å²) in [6.07, 6.45) is 12.5. The maximum Gasteiger partial charge on any atom is -0.00543 e. The van der Waals surface area contributed by atoms with Crippen molar-refractivity contribution in [3.05, 3.63) is 63.7 Å². The van der Waals surface area contributed by atoms with Crippen LogP contribution in [-0.2, 0) is 25.7 Å². The van der Waals surface area contributed by atoms with Gasteiger partial charge in [-0.3, -0.25) is 0 Å². The third-order valence-electron chi connectivity index (χ3n) is 6.31. The number of hydrogen-bond donors (Lipinski definition) is 0. The molecule has 0 aromatic heterocycles. The van der Waals surface area contributed by atoms with Crippen molar-refractivity contribution in [2.24, 2.45) is 5.41 Å². The lowest BCUT2D eigenvalue weighted by Gasteiger charge is -2.20. The predicted molar refractivity (Wildman–Crippen MR) is 118 cm³/mol. The standard InChI is InChI=1S/C27H34/c1-19-16-22-18-21-12-9-14-24(21)26(25(22)17-19)23-13-6-5-10-20(23)11-7-8-15-27(2,3)4/h5-6,10,13,16,18H,7-9,11-12,14-15,17H2,1-4H3. The van der Waals surface area contributed by atoms with Gasteiger partial charge in [0.25, 0.3) is 0 Å². The van der Waals surface area contributed by atoms with Gasteiger partial charge in [0.2, 0.25) is 0 Å².